The first kappa shape index (κ1) is 10.8. The summed E-state index contributed by atoms with van der Waals surface area (Å²) in [5, 5.41) is 21.2. The zero-order valence-electron chi connectivity index (χ0n) is 7.68. The molecule has 0 atom stereocenters. The van der Waals surface area contributed by atoms with Crippen molar-refractivity contribution in [3.05, 3.63) is 29.8 Å². The van der Waals surface area contributed by atoms with E-state index in [0.29, 0.717) is 6.20 Å². The summed E-state index contributed by atoms with van der Waals surface area (Å²) >= 11 is 0. The number of rotatable bonds is 1. The number of nitrogens with zero attached hydrogens (tertiary/aromatic N) is 3. The summed E-state index contributed by atoms with van der Waals surface area (Å²) in [5.74, 6) is 0. The molecule has 8 heteroatoms. The molecule has 0 aliphatic heterocycles. The Morgan fingerprint density at radius 1 is 1.31 bits per heavy atom. The quantitative estimate of drug-likeness (QED) is 0.712. The fourth-order valence-corrected chi connectivity index (χ4v) is 1.26. The molecule has 86 valence electrons. The summed E-state index contributed by atoms with van der Waals surface area (Å²) in [6, 6.07) is 0.759. The van der Waals surface area contributed by atoms with Gasteiger partial charge in [-0.1, -0.05) is 0 Å². The van der Waals surface area contributed by atoms with Gasteiger partial charge in [0.1, 0.15) is 12.0 Å². The van der Waals surface area contributed by atoms with Gasteiger partial charge in [-0.05, 0) is 6.07 Å². The zero-order chi connectivity index (χ0) is 11.9. The highest BCUT2D eigenvalue weighted by molar-refractivity contribution is 5.53. The molecule has 0 radical (unpaired) electrons. The summed E-state index contributed by atoms with van der Waals surface area (Å²) in [4.78, 5) is 3.55. The SMILES string of the molecule is OC(O)c1ncn2ncc(C(F)(F)F)cc12. The average Bonchev–Trinajstić information content (AvgIpc) is 2.58. The van der Waals surface area contributed by atoms with E-state index in [0.717, 1.165) is 16.9 Å². The molecule has 0 aromatic carbocycles. The Hall–Kier alpha value is -1.67. The summed E-state index contributed by atoms with van der Waals surface area (Å²) in [6.45, 7) is 0. The Morgan fingerprint density at radius 2 is 2.00 bits per heavy atom. The smallest absolute Gasteiger partial charge is 0.363 e. The fourth-order valence-electron chi connectivity index (χ4n) is 1.26. The first-order valence-corrected chi connectivity index (χ1v) is 4.16. The number of aromatic nitrogens is 3. The van der Waals surface area contributed by atoms with Crippen molar-refractivity contribution in [3.63, 3.8) is 0 Å². The van der Waals surface area contributed by atoms with Gasteiger partial charge in [-0.3, -0.25) is 0 Å². The Labute approximate surface area is 86.8 Å². The van der Waals surface area contributed by atoms with Crippen LogP contribution in [0.4, 0.5) is 13.2 Å². The lowest BCUT2D eigenvalue weighted by Crippen LogP contribution is -2.07. The van der Waals surface area contributed by atoms with Crippen molar-refractivity contribution in [1.29, 1.82) is 0 Å². The van der Waals surface area contributed by atoms with E-state index in [9.17, 15) is 13.2 Å². The molecule has 0 saturated carbocycles. The lowest BCUT2D eigenvalue weighted by molar-refractivity contribution is -0.137. The monoisotopic (exact) mass is 233 g/mol. The molecule has 2 aromatic heterocycles. The Morgan fingerprint density at radius 3 is 2.56 bits per heavy atom. The third-order valence-electron chi connectivity index (χ3n) is 2.00. The molecule has 5 nitrogen and oxygen atoms in total. The molecule has 2 heterocycles. The molecule has 0 unspecified atom stereocenters. The van der Waals surface area contributed by atoms with Crippen LogP contribution in [-0.4, -0.2) is 24.8 Å². The Bertz CT molecular complexity index is 521. The molecule has 16 heavy (non-hydrogen) atoms. The normalized spacial score (nSPS) is 12.6. The van der Waals surface area contributed by atoms with E-state index >= 15 is 0 Å². The van der Waals surface area contributed by atoms with Crippen LogP contribution >= 0.6 is 0 Å². The van der Waals surface area contributed by atoms with Crippen molar-refractivity contribution in [2.75, 3.05) is 0 Å². The van der Waals surface area contributed by atoms with Gasteiger partial charge in [0.25, 0.3) is 0 Å². The molecule has 0 aliphatic carbocycles. The Kier molecular flexibility index (Phi) is 2.32. The molecule has 0 aliphatic rings. The number of fused-ring (bicyclic) bond motifs is 1. The molecule has 0 spiro atoms. The maximum absolute atomic E-state index is 12.4. The van der Waals surface area contributed by atoms with Gasteiger partial charge in [-0.15, -0.1) is 0 Å². The number of imidazole rings is 1. The molecular weight excluding hydrogens is 227 g/mol. The predicted molar refractivity (Wildman–Crippen MR) is 45.2 cm³/mol. The van der Waals surface area contributed by atoms with Crippen LogP contribution in [0.3, 0.4) is 0 Å². The van der Waals surface area contributed by atoms with Crippen molar-refractivity contribution in [2.45, 2.75) is 12.5 Å². The second-order valence-corrected chi connectivity index (χ2v) is 3.08. The van der Waals surface area contributed by atoms with Gasteiger partial charge in [0, 0.05) is 0 Å². The van der Waals surface area contributed by atoms with Gasteiger partial charge >= 0.3 is 6.18 Å². The van der Waals surface area contributed by atoms with Crippen LogP contribution in [-0.2, 0) is 6.18 Å². The van der Waals surface area contributed by atoms with Crippen LogP contribution in [0.25, 0.3) is 5.52 Å². The minimum atomic E-state index is -4.53. The summed E-state index contributed by atoms with van der Waals surface area (Å²) in [5.41, 5.74) is -1.33. The van der Waals surface area contributed by atoms with Crippen LogP contribution in [0.2, 0.25) is 0 Å². The van der Waals surface area contributed by atoms with Crippen molar-refractivity contribution < 1.29 is 23.4 Å². The molecule has 2 aromatic rings. The zero-order valence-corrected chi connectivity index (χ0v) is 7.68. The van der Waals surface area contributed by atoms with E-state index in [-0.39, 0.29) is 11.2 Å². The molecule has 0 fully saturated rings. The highest BCUT2D eigenvalue weighted by Crippen LogP contribution is 2.30. The Balaban J connectivity index is 2.63. The van der Waals surface area contributed by atoms with E-state index < -0.39 is 18.0 Å². The summed E-state index contributed by atoms with van der Waals surface area (Å²) in [7, 11) is 0. The van der Waals surface area contributed by atoms with Crippen molar-refractivity contribution in [1.82, 2.24) is 14.6 Å². The first-order chi connectivity index (χ1) is 7.39. The van der Waals surface area contributed by atoms with Crippen molar-refractivity contribution >= 4 is 5.52 Å². The maximum Gasteiger partial charge on any atom is 0.418 e. The second kappa shape index (κ2) is 3.42. The van der Waals surface area contributed by atoms with Gasteiger partial charge in [-0.2, -0.15) is 18.3 Å². The largest absolute Gasteiger partial charge is 0.418 e. The summed E-state index contributed by atoms with van der Waals surface area (Å²) < 4.78 is 38.1. The van der Waals surface area contributed by atoms with Crippen molar-refractivity contribution in [3.8, 4) is 0 Å². The number of alkyl halides is 3. The molecule has 2 rings (SSSR count). The van der Waals surface area contributed by atoms with Gasteiger partial charge in [0.2, 0.25) is 0 Å². The minimum Gasteiger partial charge on any atom is -0.363 e. The highest BCUT2D eigenvalue weighted by atomic mass is 19.4. The van der Waals surface area contributed by atoms with Gasteiger partial charge in [0.15, 0.2) is 6.29 Å². The fraction of sp³-hybridized carbons (Fsp3) is 0.250. The van der Waals surface area contributed by atoms with E-state index in [1.165, 1.54) is 0 Å². The van der Waals surface area contributed by atoms with E-state index in [4.69, 9.17) is 10.2 Å². The van der Waals surface area contributed by atoms with E-state index in [2.05, 4.69) is 10.1 Å². The molecule has 0 amide bonds. The lowest BCUT2D eigenvalue weighted by Gasteiger charge is -2.06. The first-order valence-electron chi connectivity index (χ1n) is 4.16. The van der Waals surface area contributed by atoms with Crippen LogP contribution in [0.15, 0.2) is 18.6 Å². The van der Waals surface area contributed by atoms with Crippen molar-refractivity contribution in [2.24, 2.45) is 0 Å². The molecule has 2 N–H and O–H groups in total. The highest BCUT2D eigenvalue weighted by Gasteiger charge is 2.31. The van der Waals surface area contributed by atoms with Gasteiger partial charge in [0.05, 0.1) is 17.3 Å². The molecular formula is C8H6F3N3O2. The molecule has 0 bridgehead atoms. The third-order valence-corrected chi connectivity index (χ3v) is 2.00. The topological polar surface area (TPSA) is 70.7 Å². The number of halogens is 3. The number of aliphatic hydroxyl groups excluding tert-OH is 1. The number of hydrogen-bond donors (Lipinski definition) is 2. The van der Waals surface area contributed by atoms with Crippen LogP contribution in [0, 0.1) is 0 Å². The van der Waals surface area contributed by atoms with E-state index in [1.54, 1.807) is 0 Å². The van der Waals surface area contributed by atoms with Crippen LogP contribution < -0.4 is 0 Å². The lowest BCUT2D eigenvalue weighted by atomic mass is 10.2. The van der Waals surface area contributed by atoms with E-state index in [1.807, 2.05) is 0 Å². The van der Waals surface area contributed by atoms with Gasteiger partial charge in [-0.25, -0.2) is 9.50 Å². The maximum atomic E-state index is 12.4. The predicted octanol–water partition coefficient (Wildman–Crippen LogP) is 0.731. The average molecular weight is 233 g/mol. The minimum absolute atomic E-state index is 0.0928. The summed E-state index contributed by atoms with van der Waals surface area (Å²) in [6.07, 6.45) is -4.72. The third kappa shape index (κ3) is 1.72. The van der Waals surface area contributed by atoms with Gasteiger partial charge < -0.3 is 10.2 Å². The van der Waals surface area contributed by atoms with Crippen LogP contribution in [0.1, 0.15) is 17.5 Å². The number of hydrogen-bond acceptors (Lipinski definition) is 4. The standard InChI is InChI=1S/C8H6F3N3O2/c9-8(10,11)4-1-5-6(7(15)16)12-3-14(5)13-2-4/h1-3,7,15-16H. The second-order valence-electron chi connectivity index (χ2n) is 3.08. The number of aliphatic hydroxyl groups is 2. The molecule has 0 saturated heterocycles. The van der Waals surface area contributed by atoms with Crippen LogP contribution in [0.5, 0.6) is 0 Å².